The summed E-state index contributed by atoms with van der Waals surface area (Å²) in [7, 11) is -3.81. The molecule has 2 aromatic carbocycles. The number of halogens is 1. The van der Waals surface area contributed by atoms with E-state index in [2.05, 4.69) is 27.6 Å². The van der Waals surface area contributed by atoms with E-state index in [-0.39, 0.29) is 10.8 Å². The van der Waals surface area contributed by atoms with Crippen LogP contribution in [0, 0.1) is 6.92 Å². The number of benzene rings is 2. The van der Waals surface area contributed by atoms with Crippen LogP contribution in [-0.4, -0.2) is 32.3 Å². The molecular formula is C20H25BrN2O3S. The van der Waals surface area contributed by atoms with E-state index in [4.69, 9.17) is 0 Å². The molecule has 7 heteroatoms. The molecule has 0 spiro atoms. The standard InChI is InChI=1S/C20H25BrN2O3S/c1-4-6-12-23(5-2)20(24)16-8-7-9-17(14-16)27(25,26)22-19-13-15(3)10-11-18(19)21/h7-11,13-14,22H,4-6,12H2,1-3H3. The van der Waals surface area contributed by atoms with Gasteiger partial charge in [-0.1, -0.05) is 25.5 Å². The third-order valence-electron chi connectivity index (χ3n) is 4.21. The minimum absolute atomic E-state index is 0.0632. The Morgan fingerprint density at radius 2 is 1.89 bits per heavy atom. The molecule has 2 rings (SSSR count). The van der Waals surface area contributed by atoms with Crippen molar-refractivity contribution in [2.45, 2.75) is 38.5 Å². The highest BCUT2D eigenvalue weighted by Gasteiger charge is 2.20. The Hall–Kier alpha value is -1.86. The quantitative estimate of drug-likeness (QED) is 0.623. The minimum Gasteiger partial charge on any atom is -0.339 e. The van der Waals surface area contributed by atoms with E-state index in [0.29, 0.717) is 28.8 Å². The number of sulfonamides is 1. The molecule has 1 amide bonds. The number of amides is 1. The molecule has 1 N–H and O–H groups in total. The molecule has 0 aliphatic carbocycles. The molecule has 0 bridgehead atoms. The minimum atomic E-state index is -3.81. The number of carbonyl (C=O) groups excluding carboxylic acids is 1. The maximum atomic E-state index is 12.8. The predicted molar refractivity (Wildman–Crippen MR) is 113 cm³/mol. The zero-order valence-electron chi connectivity index (χ0n) is 15.8. The Labute approximate surface area is 170 Å². The first-order chi connectivity index (χ1) is 12.8. The van der Waals surface area contributed by atoms with Crippen molar-refractivity contribution < 1.29 is 13.2 Å². The number of aryl methyl sites for hydroxylation is 1. The Bertz CT molecular complexity index is 913. The molecule has 0 aromatic heterocycles. The van der Waals surface area contributed by atoms with Gasteiger partial charge in [0.05, 0.1) is 10.6 Å². The average Bonchev–Trinajstić information content (AvgIpc) is 2.65. The lowest BCUT2D eigenvalue weighted by Crippen LogP contribution is -2.31. The predicted octanol–water partition coefficient (Wildman–Crippen LogP) is 4.82. The molecule has 0 unspecified atom stereocenters. The highest BCUT2D eigenvalue weighted by Crippen LogP contribution is 2.26. The molecule has 0 aliphatic rings. The molecular weight excluding hydrogens is 428 g/mol. The number of anilines is 1. The average molecular weight is 453 g/mol. The van der Waals surface area contributed by atoms with E-state index >= 15 is 0 Å². The third-order valence-corrected chi connectivity index (χ3v) is 6.26. The summed E-state index contributed by atoms with van der Waals surface area (Å²) in [5.41, 5.74) is 1.78. The van der Waals surface area contributed by atoms with E-state index in [0.717, 1.165) is 18.4 Å². The lowest BCUT2D eigenvalue weighted by Gasteiger charge is -2.21. The lowest BCUT2D eigenvalue weighted by atomic mass is 10.2. The number of carbonyl (C=O) groups is 1. The van der Waals surface area contributed by atoms with E-state index in [1.807, 2.05) is 19.9 Å². The molecule has 146 valence electrons. The van der Waals surface area contributed by atoms with Gasteiger partial charge in [-0.3, -0.25) is 9.52 Å². The van der Waals surface area contributed by atoms with Gasteiger partial charge < -0.3 is 4.90 Å². The first-order valence-corrected chi connectivity index (χ1v) is 11.2. The van der Waals surface area contributed by atoms with Gasteiger partial charge in [-0.2, -0.15) is 0 Å². The summed E-state index contributed by atoms with van der Waals surface area (Å²) < 4.78 is 28.8. The number of hydrogen-bond donors (Lipinski definition) is 1. The van der Waals surface area contributed by atoms with Gasteiger partial charge in [0.25, 0.3) is 15.9 Å². The molecule has 2 aromatic rings. The smallest absolute Gasteiger partial charge is 0.261 e. The number of rotatable bonds is 8. The fourth-order valence-electron chi connectivity index (χ4n) is 2.65. The maximum absolute atomic E-state index is 12.8. The summed E-state index contributed by atoms with van der Waals surface area (Å²) in [6, 6.07) is 11.6. The molecule has 0 atom stereocenters. The van der Waals surface area contributed by atoms with Crippen molar-refractivity contribution in [3.05, 3.63) is 58.1 Å². The van der Waals surface area contributed by atoms with Crippen LogP contribution in [0.15, 0.2) is 51.8 Å². The Kier molecular flexibility index (Phi) is 7.44. The molecule has 5 nitrogen and oxygen atoms in total. The van der Waals surface area contributed by atoms with E-state index in [1.54, 1.807) is 29.2 Å². The zero-order valence-corrected chi connectivity index (χ0v) is 18.2. The zero-order chi connectivity index (χ0) is 20.0. The van der Waals surface area contributed by atoms with Crippen LogP contribution < -0.4 is 4.72 Å². The van der Waals surface area contributed by atoms with Crippen molar-refractivity contribution in [1.82, 2.24) is 4.90 Å². The van der Waals surface area contributed by atoms with Gasteiger partial charge in [0.1, 0.15) is 0 Å². The monoisotopic (exact) mass is 452 g/mol. The van der Waals surface area contributed by atoms with Crippen LogP contribution in [0.5, 0.6) is 0 Å². The largest absolute Gasteiger partial charge is 0.339 e. The summed E-state index contributed by atoms with van der Waals surface area (Å²) >= 11 is 3.36. The summed E-state index contributed by atoms with van der Waals surface area (Å²) in [4.78, 5) is 14.5. The van der Waals surface area contributed by atoms with Crippen LogP contribution >= 0.6 is 15.9 Å². The maximum Gasteiger partial charge on any atom is 0.261 e. The van der Waals surface area contributed by atoms with Crippen LogP contribution in [0.25, 0.3) is 0 Å². The summed E-state index contributed by atoms with van der Waals surface area (Å²) in [5.74, 6) is -0.153. The number of hydrogen-bond acceptors (Lipinski definition) is 3. The number of nitrogens with zero attached hydrogens (tertiary/aromatic N) is 1. The summed E-state index contributed by atoms with van der Waals surface area (Å²) in [6.07, 6.45) is 1.91. The number of unbranched alkanes of at least 4 members (excludes halogenated alkanes) is 1. The molecule has 0 fully saturated rings. The van der Waals surface area contributed by atoms with Crippen LogP contribution in [-0.2, 0) is 10.0 Å². The molecule has 0 heterocycles. The van der Waals surface area contributed by atoms with Gasteiger partial charge >= 0.3 is 0 Å². The Balaban J connectivity index is 2.29. The Morgan fingerprint density at radius 3 is 2.56 bits per heavy atom. The van der Waals surface area contributed by atoms with Gasteiger partial charge in [-0.15, -0.1) is 0 Å². The molecule has 27 heavy (non-hydrogen) atoms. The van der Waals surface area contributed by atoms with Crippen LogP contribution in [0.1, 0.15) is 42.6 Å². The first-order valence-electron chi connectivity index (χ1n) is 8.96. The second-order valence-electron chi connectivity index (χ2n) is 6.36. The highest BCUT2D eigenvalue weighted by molar-refractivity contribution is 9.10. The van der Waals surface area contributed by atoms with Gasteiger partial charge in [0.2, 0.25) is 0 Å². The second-order valence-corrected chi connectivity index (χ2v) is 8.89. The molecule has 0 saturated heterocycles. The molecule has 0 radical (unpaired) electrons. The van der Waals surface area contributed by atoms with Crippen molar-refractivity contribution in [3.8, 4) is 0 Å². The second kappa shape index (κ2) is 9.37. The highest BCUT2D eigenvalue weighted by atomic mass is 79.9. The molecule has 0 saturated carbocycles. The van der Waals surface area contributed by atoms with Crippen LogP contribution in [0.3, 0.4) is 0 Å². The normalized spacial score (nSPS) is 11.3. The van der Waals surface area contributed by atoms with Crippen LogP contribution in [0.2, 0.25) is 0 Å². The molecule has 0 aliphatic heterocycles. The topological polar surface area (TPSA) is 66.5 Å². The van der Waals surface area contributed by atoms with Crippen molar-refractivity contribution in [1.29, 1.82) is 0 Å². The van der Waals surface area contributed by atoms with E-state index in [9.17, 15) is 13.2 Å². The van der Waals surface area contributed by atoms with Crippen molar-refractivity contribution in [3.63, 3.8) is 0 Å². The summed E-state index contributed by atoms with van der Waals surface area (Å²) in [6.45, 7) is 7.13. The van der Waals surface area contributed by atoms with Crippen molar-refractivity contribution >= 4 is 37.5 Å². The van der Waals surface area contributed by atoms with Gasteiger partial charge in [-0.05, 0) is 72.1 Å². The van der Waals surface area contributed by atoms with Gasteiger partial charge in [0, 0.05) is 23.1 Å². The third kappa shape index (κ3) is 5.56. The fraction of sp³-hybridized carbons (Fsp3) is 0.350. The SMILES string of the molecule is CCCCN(CC)C(=O)c1cccc(S(=O)(=O)Nc2cc(C)ccc2Br)c1. The number of nitrogens with one attached hydrogen (secondary N) is 1. The Morgan fingerprint density at radius 1 is 1.15 bits per heavy atom. The fourth-order valence-corrected chi connectivity index (χ4v) is 4.25. The first kappa shape index (κ1) is 21.4. The van der Waals surface area contributed by atoms with Crippen LogP contribution in [0.4, 0.5) is 5.69 Å². The van der Waals surface area contributed by atoms with Gasteiger partial charge in [-0.25, -0.2) is 8.42 Å². The van der Waals surface area contributed by atoms with Gasteiger partial charge in [0.15, 0.2) is 0 Å². The summed E-state index contributed by atoms with van der Waals surface area (Å²) in [5, 5.41) is 0. The van der Waals surface area contributed by atoms with E-state index in [1.165, 1.54) is 12.1 Å². The van der Waals surface area contributed by atoms with Crippen molar-refractivity contribution in [2.75, 3.05) is 17.8 Å². The van der Waals surface area contributed by atoms with Crippen molar-refractivity contribution in [2.24, 2.45) is 0 Å². The lowest BCUT2D eigenvalue weighted by molar-refractivity contribution is 0.0762. The van der Waals surface area contributed by atoms with E-state index < -0.39 is 10.0 Å².